The minimum Gasteiger partial charge on any atom is -0.482 e. The van der Waals surface area contributed by atoms with Gasteiger partial charge in [0, 0.05) is 106 Å². The number of halogens is 1. The van der Waals surface area contributed by atoms with Gasteiger partial charge in [0.1, 0.15) is 23.7 Å². The Morgan fingerprint density at radius 1 is 1.09 bits per heavy atom. The lowest BCUT2D eigenvalue weighted by molar-refractivity contribution is -0.497. The van der Waals surface area contributed by atoms with Crippen molar-refractivity contribution < 1.29 is 24.0 Å². The molecule has 7 rings (SSSR count). The number of nitrogens with two attached hydrogens (primary N) is 2. The third-order valence-corrected chi connectivity index (χ3v) is 10.3. The first kappa shape index (κ1) is 36.7. The quantitative estimate of drug-likeness (QED) is 0.0639. The van der Waals surface area contributed by atoms with E-state index >= 15 is 0 Å². The number of carbonyl (C=O) groups excluding carboxylic acids is 2. The van der Waals surface area contributed by atoms with E-state index in [4.69, 9.17) is 15.9 Å². The summed E-state index contributed by atoms with van der Waals surface area (Å²) < 4.78 is 20.5. The minimum atomic E-state index is -0.528. The number of imide groups is 1. The van der Waals surface area contributed by atoms with Crippen LogP contribution in [0.25, 0.3) is 11.3 Å². The van der Waals surface area contributed by atoms with E-state index in [0.29, 0.717) is 30.1 Å². The van der Waals surface area contributed by atoms with E-state index in [1.165, 1.54) is 24.0 Å². The molecule has 0 saturated carbocycles. The van der Waals surface area contributed by atoms with Crippen LogP contribution in [-0.4, -0.2) is 94.6 Å². The maximum Gasteiger partial charge on any atom is 0.249 e. The molecule has 1 unspecified atom stereocenters. The van der Waals surface area contributed by atoms with Crippen molar-refractivity contribution in [2.45, 2.75) is 38.5 Å². The first-order chi connectivity index (χ1) is 26.2. The number of allylic oxidation sites excluding steroid dienone is 1. The van der Waals surface area contributed by atoms with Crippen LogP contribution in [0, 0.1) is 17.1 Å². The standard InChI is InChI=1S/C39H46FN11O3/c1-25(31-18-28(40)3-8-32(31)43-12-2-11-41)54-35-17-27(19-44-38(35)42)37-34(45-24-46-37)23-50-15-13-49(14-16-50)20-26-21-51(22-26)30-6-4-29(5-7-30)47-33-9-10-36(52)48-39(33)53/h2-8,11-12,17-19,24-26,33,41,43,47H,9-10,13-16,20-23H2,1H3,(H2,42,44)(H,45,46)(H,48,52,53)/p+1/b12-2-,41-11?/t25-,33?/m1/s1. The van der Waals surface area contributed by atoms with Crippen LogP contribution in [0.4, 0.5) is 27.3 Å². The Balaban J connectivity index is 0.884. The zero-order valence-corrected chi connectivity index (χ0v) is 30.3. The Morgan fingerprint density at radius 3 is 2.63 bits per heavy atom. The molecular formula is C39H47FN11O3+. The van der Waals surface area contributed by atoms with Crippen LogP contribution in [0.1, 0.15) is 37.1 Å². The number of quaternary nitrogens is 1. The molecule has 3 saturated heterocycles. The van der Waals surface area contributed by atoms with Crippen molar-refractivity contribution in [3.63, 3.8) is 0 Å². The second kappa shape index (κ2) is 16.6. The van der Waals surface area contributed by atoms with Gasteiger partial charge in [-0.1, -0.05) is 0 Å². The number of hydrogen-bond donors (Lipinski definition) is 6. The van der Waals surface area contributed by atoms with Gasteiger partial charge in [-0.3, -0.25) is 25.1 Å². The monoisotopic (exact) mass is 736 g/mol. The molecule has 15 heteroatoms. The van der Waals surface area contributed by atoms with Gasteiger partial charge in [-0.15, -0.1) is 0 Å². The van der Waals surface area contributed by atoms with Crippen LogP contribution in [0.3, 0.4) is 0 Å². The highest BCUT2D eigenvalue weighted by Gasteiger charge is 2.31. The summed E-state index contributed by atoms with van der Waals surface area (Å²) in [6, 6.07) is 14.2. The van der Waals surface area contributed by atoms with Gasteiger partial charge in [0.05, 0.1) is 29.5 Å². The fourth-order valence-electron chi connectivity index (χ4n) is 7.30. The number of anilines is 3. The Kier molecular flexibility index (Phi) is 11.3. The molecule has 5 heterocycles. The van der Waals surface area contributed by atoms with Gasteiger partial charge in [0.15, 0.2) is 11.6 Å². The molecular weight excluding hydrogens is 690 g/mol. The average Bonchev–Trinajstić information content (AvgIpc) is 3.61. The fraction of sp³-hybridized carbons (Fsp3) is 0.359. The number of rotatable bonds is 14. The van der Waals surface area contributed by atoms with E-state index in [9.17, 15) is 14.0 Å². The number of nitrogen functional groups attached to an aromatic ring is 1. The molecule has 3 fully saturated rings. The van der Waals surface area contributed by atoms with E-state index in [2.05, 4.69) is 52.4 Å². The highest BCUT2D eigenvalue weighted by molar-refractivity contribution is 6.01. The van der Waals surface area contributed by atoms with Crippen molar-refractivity contribution >= 4 is 40.9 Å². The van der Waals surface area contributed by atoms with Crippen molar-refractivity contribution in [1.29, 1.82) is 5.41 Å². The summed E-state index contributed by atoms with van der Waals surface area (Å²) in [6.07, 6.45) is 8.22. The lowest BCUT2D eigenvalue weighted by Gasteiger charge is -2.44. The predicted octanol–water partition coefficient (Wildman–Crippen LogP) is 3.16. The van der Waals surface area contributed by atoms with E-state index < -0.39 is 6.10 Å². The van der Waals surface area contributed by atoms with Crippen LogP contribution in [0.2, 0.25) is 0 Å². The van der Waals surface area contributed by atoms with Crippen LogP contribution in [-0.2, 0) is 16.1 Å². The molecule has 2 atom stereocenters. The number of nitrogens with one attached hydrogen (secondary N) is 4. The molecule has 2 aromatic heterocycles. The third kappa shape index (κ3) is 8.76. The smallest absolute Gasteiger partial charge is 0.249 e. The van der Waals surface area contributed by atoms with Gasteiger partial charge in [0.25, 0.3) is 0 Å². The molecule has 3 aliphatic rings. The van der Waals surface area contributed by atoms with Crippen molar-refractivity contribution in [3.05, 3.63) is 90.4 Å². The third-order valence-electron chi connectivity index (χ3n) is 10.3. The summed E-state index contributed by atoms with van der Waals surface area (Å²) in [4.78, 5) is 43.2. The lowest BCUT2D eigenvalue weighted by atomic mass is 9.98. The van der Waals surface area contributed by atoms with Gasteiger partial charge in [-0.25, -0.2) is 14.4 Å². The molecule has 0 spiro atoms. The number of piperazine rings is 1. The first-order valence-electron chi connectivity index (χ1n) is 18.4. The van der Waals surface area contributed by atoms with Crippen LogP contribution >= 0.6 is 0 Å². The summed E-state index contributed by atoms with van der Waals surface area (Å²) in [5, 5.41) is 14.7. The van der Waals surface area contributed by atoms with Gasteiger partial charge < -0.3 is 36.0 Å². The Bertz CT molecular complexity index is 1990. The highest BCUT2D eigenvalue weighted by atomic mass is 19.1. The number of imidazole rings is 1. The molecule has 0 aliphatic carbocycles. The largest absolute Gasteiger partial charge is 0.482 e. The number of piperidine rings is 1. The minimum absolute atomic E-state index is 0.212. The number of hydrogen-bond acceptors (Lipinski definition) is 11. The molecule has 282 valence electrons. The normalized spacial score (nSPS) is 19.1. The molecule has 2 aromatic carbocycles. The average molecular weight is 737 g/mol. The van der Waals surface area contributed by atoms with E-state index in [1.54, 1.807) is 30.9 Å². The summed E-state index contributed by atoms with van der Waals surface area (Å²) in [5.41, 5.74) is 12.3. The molecule has 54 heavy (non-hydrogen) atoms. The zero-order valence-electron chi connectivity index (χ0n) is 30.3. The van der Waals surface area contributed by atoms with Gasteiger partial charge in [0.2, 0.25) is 11.8 Å². The molecule has 8 N–H and O–H groups in total. The van der Waals surface area contributed by atoms with Crippen LogP contribution in [0.15, 0.2) is 73.3 Å². The Morgan fingerprint density at radius 2 is 1.87 bits per heavy atom. The zero-order chi connectivity index (χ0) is 37.6. The number of ether oxygens (including phenoxy) is 1. The van der Waals surface area contributed by atoms with E-state index in [0.717, 1.165) is 80.7 Å². The summed E-state index contributed by atoms with van der Waals surface area (Å²) in [6.45, 7) is 9.55. The highest BCUT2D eigenvalue weighted by Crippen LogP contribution is 2.33. The Hall–Kier alpha value is -5.64. The number of pyridine rings is 1. The van der Waals surface area contributed by atoms with Gasteiger partial charge in [-0.05, 0) is 55.8 Å². The number of benzene rings is 2. The number of H-pyrrole nitrogens is 1. The van der Waals surface area contributed by atoms with Crippen molar-refractivity contribution in [2.24, 2.45) is 5.92 Å². The molecule has 2 amide bonds. The maximum absolute atomic E-state index is 14.3. The number of nitrogens with zero attached hydrogens (tertiary/aromatic N) is 5. The van der Waals surface area contributed by atoms with Crippen molar-refractivity contribution in [3.8, 4) is 17.0 Å². The first-order valence-corrected chi connectivity index (χ1v) is 18.4. The summed E-state index contributed by atoms with van der Waals surface area (Å²) in [5.74, 6) is 0.392. The molecule has 14 nitrogen and oxygen atoms in total. The van der Waals surface area contributed by atoms with Crippen LogP contribution in [0.5, 0.6) is 5.75 Å². The number of aromatic amines is 1. The number of amides is 2. The summed E-state index contributed by atoms with van der Waals surface area (Å²) in [7, 11) is 0. The van der Waals surface area contributed by atoms with Crippen molar-refractivity contribution in [2.75, 3.05) is 61.8 Å². The predicted molar refractivity (Wildman–Crippen MR) is 205 cm³/mol. The fourth-order valence-corrected chi connectivity index (χ4v) is 7.30. The molecule has 4 aromatic rings. The molecule has 0 bridgehead atoms. The Labute approximate surface area is 313 Å². The van der Waals surface area contributed by atoms with Crippen molar-refractivity contribution in [1.82, 2.24) is 30.1 Å². The van der Waals surface area contributed by atoms with E-state index in [-0.39, 0.29) is 29.5 Å². The second-order valence-corrected chi connectivity index (χ2v) is 14.1. The SMILES string of the molecule is C[C@@H](Oc1cc(-c2nc[nH]c2CN2CCN(CC3CN(c4ccc(NC5CCC(=O)NC5=O)cc4)C3)CC2)cnc1N)c1cc(F)ccc1[NH2+]/C=C\C=N. The lowest BCUT2D eigenvalue weighted by Crippen LogP contribution is -2.71. The second-order valence-electron chi connectivity index (χ2n) is 14.1. The molecule has 3 aliphatic heterocycles. The summed E-state index contributed by atoms with van der Waals surface area (Å²) >= 11 is 0. The molecule has 0 radical (unpaired) electrons. The van der Waals surface area contributed by atoms with Gasteiger partial charge in [-0.2, -0.15) is 0 Å². The van der Waals surface area contributed by atoms with Crippen LogP contribution < -0.4 is 31.3 Å². The van der Waals surface area contributed by atoms with E-state index in [1.807, 2.05) is 30.4 Å². The topological polar surface area (TPSA) is 185 Å². The number of carbonyl (C=O) groups is 2. The maximum atomic E-state index is 14.3. The van der Waals surface area contributed by atoms with Gasteiger partial charge >= 0.3 is 0 Å². The number of aromatic nitrogens is 3.